The van der Waals surface area contributed by atoms with Crippen LogP contribution in [0.3, 0.4) is 0 Å². The van der Waals surface area contributed by atoms with Crippen LogP contribution in [-0.2, 0) is 5.67 Å². The van der Waals surface area contributed by atoms with Crippen molar-refractivity contribution in [3.63, 3.8) is 0 Å². The standard InChI is InChI=1S/C18H14F9N3O/c1-6-3-8(16(21,17(22,23)24)18(25,26)27)4-7(2)14(6)30-15(31)9-5-10(19)12(28)13(29)11(9)20/h3-5H,28-29H2,1-2H3,(H,30,31). The smallest absolute Gasteiger partial charge is 0.395 e. The molecule has 4 nitrogen and oxygen atoms in total. The molecule has 31 heavy (non-hydrogen) atoms. The first kappa shape index (κ1) is 24.2. The van der Waals surface area contributed by atoms with Crippen molar-refractivity contribution in [2.75, 3.05) is 16.8 Å². The molecule has 0 atom stereocenters. The number of aryl methyl sites for hydroxylation is 2. The summed E-state index contributed by atoms with van der Waals surface area (Å²) in [6.07, 6.45) is -12.6. The monoisotopic (exact) mass is 459 g/mol. The van der Waals surface area contributed by atoms with Crippen LogP contribution >= 0.6 is 0 Å². The zero-order valence-corrected chi connectivity index (χ0v) is 15.7. The van der Waals surface area contributed by atoms with Crippen LogP contribution in [0.5, 0.6) is 0 Å². The largest absolute Gasteiger partial charge is 0.435 e. The van der Waals surface area contributed by atoms with E-state index < -0.39 is 69.2 Å². The predicted octanol–water partition coefficient (Wildman–Crippen LogP) is 5.29. The fraction of sp³-hybridized carbons (Fsp3) is 0.278. The van der Waals surface area contributed by atoms with E-state index in [0.717, 1.165) is 13.8 Å². The Labute approximate surface area is 169 Å². The zero-order chi connectivity index (χ0) is 24.1. The molecular weight excluding hydrogens is 445 g/mol. The molecule has 0 saturated heterocycles. The van der Waals surface area contributed by atoms with Crippen molar-refractivity contribution in [3.8, 4) is 0 Å². The van der Waals surface area contributed by atoms with Crippen LogP contribution in [-0.4, -0.2) is 18.3 Å². The second kappa shape index (κ2) is 7.54. The minimum atomic E-state index is -6.32. The molecule has 13 heteroatoms. The highest BCUT2D eigenvalue weighted by Crippen LogP contribution is 2.53. The van der Waals surface area contributed by atoms with Gasteiger partial charge in [-0.2, -0.15) is 26.3 Å². The van der Waals surface area contributed by atoms with Gasteiger partial charge in [-0.1, -0.05) is 12.1 Å². The molecule has 170 valence electrons. The quantitative estimate of drug-likeness (QED) is 0.431. The Morgan fingerprint density at radius 2 is 1.29 bits per heavy atom. The third-order valence-corrected chi connectivity index (χ3v) is 4.49. The van der Waals surface area contributed by atoms with Crippen LogP contribution in [0.4, 0.5) is 56.6 Å². The number of nitrogens with one attached hydrogen (secondary N) is 1. The van der Waals surface area contributed by atoms with Gasteiger partial charge in [0.05, 0.1) is 16.9 Å². The lowest BCUT2D eigenvalue weighted by atomic mass is 9.90. The Morgan fingerprint density at radius 1 is 0.839 bits per heavy atom. The first-order valence-corrected chi connectivity index (χ1v) is 8.21. The Hall–Kier alpha value is -3.12. The van der Waals surface area contributed by atoms with E-state index in [2.05, 4.69) is 0 Å². The molecule has 0 radical (unpaired) electrons. The predicted molar refractivity (Wildman–Crippen MR) is 93.9 cm³/mol. The van der Waals surface area contributed by atoms with E-state index >= 15 is 0 Å². The SMILES string of the molecule is Cc1cc(C(F)(C(F)(F)F)C(F)(F)F)cc(C)c1NC(=O)c1cc(F)c(N)c(N)c1F. The highest BCUT2D eigenvalue weighted by atomic mass is 19.4. The number of hydrogen-bond acceptors (Lipinski definition) is 3. The zero-order valence-electron chi connectivity index (χ0n) is 15.7. The number of halogens is 9. The summed E-state index contributed by atoms with van der Waals surface area (Å²) in [5.74, 6) is -3.94. The minimum Gasteiger partial charge on any atom is -0.395 e. The van der Waals surface area contributed by atoms with Crippen LogP contribution in [0.15, 0.2) is 18.2 Å². The van der Waals surface area contributed by atoms with Gasteiger partial charge in [-0.15, -0.1) is 0 Å². The Kier molecular flexibility index (Phi) is 5.87. The third-order valence-electron chi connectivity index (χ3n) is 4.49. The number of alkyl halides is 7. The van der Waals surface area contributed by atoms with Crippen molar-refractivity contribution in [1.29, 1.82) is 0 Å². The van der Waals surface area contributed by atoms with E-state index in [1.165, 1.54) is 0 Å². The van der Waals surface area contributed by atoms with E-state index in [1.807, 2.05) is 5.32 Å². The number of amides is 1. The average Bonchev–Trinajstić information content (AvgIpc) is 2.62. The third kappa shape index (κ3) is 3.95. The fourth-order valence-electron chi connectivity index (χ4n) is 2.85. The van der Waals surface area contributed by atoms with E-state index in [1.54, 1.807) is 0 Å². The van der Waals surface area contributed by atoms with Crippen LogP contribution in [0.25, 0.3) is 0 Å². The number of nitrogen functional groups attached to an aromatic ring is 2. The Bertz CT molecular complexity index is 1010. The summed E-state index contributed by atoms with van der Waals surface area (Å²) in [7, 11) is 0. The second-order valence-corrected chi connectivity index (χ2v) is 6.64. The van der Waals surface area contributed by atoms with Crippen molar-refractivity contribution >= 4 is 23.0 Å². The summed E-state index contributed by atoms with van der Waals surface area (Å²) in [6.45, 7) is 1.99. The van der Waals surface area contributed by atoms with Crippen molar-refractivity contribution in [3.05, 3.63) is 52.1 Å². The lowest BCUT2D eigenvalue weighted by molar-refractivity contribution is -0.348. The fourth-order valence-corrected chi connectivity index (χ4v) is 2.85. The maximum atomic E-state index is 14.3. The van der Waals surface area contributed by atoms with Gasteiger partial charge < -0.3 is 16.8 Å². The molecule has 0 aliphatic rings. The number of anilines is 3. The summed E-state index contributed by atoms with van der Waals surface area (Å²) < 4.78 is 120. The molecule has 5 N–H and O–H groups in total. The average molecular weight is 459 g/mol. The number of carbonyl (C=O) groups excluding carboxylic acids is 1. The summed E-state index contributed by atoms with van der Waals surface area (Å²) in [5, 5.41) is 2.04. The molecule has 0 bridgehead atoms. The summed E-state index contributed by atoms with van der Waals surface area (Å²) in [4.78, 5) is 12.3. The first-order chi connectivity index (χ1) is 13.9. The number of hydrogen-bond donors (Lipinski definition) is 3. The highest BCUT2D eigenvalue weighted by molar-refractivity contribution is 6.06. The molecule has 0 aromatic heterocycles. The van der Waals surface area contributed by atoms with Gasteiger partial charge in [-0.25, -0.2) is 13.2 Å². The number of benzene rings is 2. The van der Waals surface area contributed by atoms with Crippen molar-refractivity contribution < 1.29 is 44.3 Å². The molecule has 0 fully saturated rings. The van der Waals surface area contributed by atoms with E-state index in [9.17, 15) is 44.3 Å². The van der Waals surface area contributed by atoms with E-state index in [0.29, 0.717) is 6.07 Å². The molecule has 0 heterocycles. The van der Waals surface area contributed by atoms with Gasteiger partial charge in [0.15, 0.2) is 5.82 Å². The minimum absolute atomic E-state index is 0.248. The summed E-state index contributed by atoms with van der Waals surface area (Å²) in [6, 6.07) is 0.908. The maximum Gasteiger partial charge on any atom is 0.435 e. The van der Waals surface area contributed by atoms with Gasteiger partial charge in [-0.3, -0.25) is 4.79 Å². The Morgan fingerprint density at radius 3 is 1.71 bits per heavy atom. The van der Waals surface area contributed by atoms with Gasteiger partial charge in [-0.05, 0) is 31.0 Å². The summed E-state index contributed by atoms with van der Waals surface area (Å²) >= 11 is 0. The number of carbonyl (C=O) groups is 1. The van der Waals surface area contributed by atoms with E-state index in [-0.39, 0.29) is 17.8 Å². The topological polar surface area (TPSA) is 81.1 Å². The second-order valence-electron chi connectivity index (χ2n) is 6.64. The van der Waals surface area contributed by atoms with Crippen LogP contribution in [0.2, 0.25) is 0 Å². The van der Waals surface area contributed by atoms with Gasteiger partial charge in [0.2, 0.25) is 0 Å². The van der Waals surface area contributed by atoms with E-state index in [4.69, 9.17) is 11.5 Å². The first-order valence-electron chi connectivity index (χ1n) is 8.21. The van der Waals surface area contributed by atoms with Crippen molar-refractivity contribution in [2.24, 2.45) is 0 Å². The van der Waals surface area contributed by atoms with Crippen LogP contribution < -0.4 is 16.8 Å². The molecule has 2 rings (SSSR count). The highest BCUT2D eigenvalue weighted by Gasteiger charge is 2.73. The molecule has 0 aliphatic heterocycles. The normalized spacial score (nSPS) is 12.7. The molecule has 2 aromatic carbocycles. The molecule has 0 unspecified atom stereocenters. The molecular formula is C18H14F9N3O. The lowest BCUT2D eigenvalue weighted by Gasteiger charge is -2.31. The Balaban J connectivity index is 2.55. The van der Waals surface area contributed by atoms with Gasteiger partial charge >= 0.3 is 18.0 Å². The maximum absolute atomic E-state index is 14.3. The molecule has 0 saturated carbocycles. The summed E-state index contributed by atoms with van der Waals surface area (Å²) in [5.41, 5.74) is -0.670. The van der Waals surface area contributed by atoms with Gasteiger partial charge in [0.25, 0.3) is 5.91 Å². The van der Waals surface area contributed by atoms with Crippen molar-refractivity contribution in [2.45, 2.75) is 31.9 Å². The molecule has 1 amide bonds. The van der Waals surface area contributed by atoms with Crippen LogP contribution in [0.1, 0.15) is 27.0 Å². The van der Waals surface area contributed by atoms with Crippen molar-refractivity contribution in [1.82, 2.24) is 0 Å². The number of nitrogens with two attached hydrogens (primary N) is 2. The van der Waals surface area contributed by atoms with Crippen LogP contribution in [0, 0.1) is 25.5 Å². The molecule has 2 aromatic rings. The number of rotatable bonds is 3. The van der Waals surface area contributed by atoms with Gasteiger partial charge in [0.1, 0.15) is 5.82 Å². The van der Waals surface area contributed by atoms with Gasteiger partial charge in [0, 0.05) is 11.3 Å². The molecule has 0 aliphatic carbocycles. The lowest BCUT2D eigenvalue weighted by Crippen LogP contribution is -2.50. The molecule has 0 spiro atoms.